The van der Waals surface area contributed by atoms with Crippen molar-refractivity contribution in [2.75, 3.05) is 19.7 Å². The number of rotatable bonds is 4. The minimum atomic E-state index is 0.438. The molecule has 0 aromatic carbocycles. The number of nitrogens with one attached hydrogen (secondary N) is 1. The molecule has 1 unspecified atom stereocenters. The molecule has 1 aliphatic heterocycles. The van der Waals surface area contributed by atoms with Gasteiger partial charge in [0.25, 0.3) is 0 Å². The number of ether oxygens (including phenoxy) is 1. The summed E-state index contributed by atoms with van der Waals surface area (Å²) >= 11 is 0. The molecule has 1 atom stereocenters. The summed E-state index contributed by atoms with van der Waals surface area (Å²) in [5.41, 5.74) is 0. The first-order valence-corrected chi connectivity index (χ1v) is 4.19. The van der Waals surface area contributed by atoms with E-state index in [1.165, 1.54) is 0 Å². The lowest BCUT2D eigenvalue weighted by molar-refractivity contribution is 0.0661. The van der Waals surface area contributed by atoms with Gasteiger partial charge >= 0.3 is 0 Å². The molecule has 1 aliphatic rings. The number of hydrogen-bond acceptors (Lipinski definition) is 2. The molecular weight excluding hydrogens is 138 g/mol. The van der Waals surface area contributed by atoms with E-state index in [-0.39, 0.29) is 0 Å². The molecule has 1 saturated heterocycles. The molecule has 11 heavy (non-hydrogen) atoms. The average Bonchev–Trinajstić information content (AvgIpc) is 2.50. The molecule has 0 amide bonds. The lowest BCUT2D eigenvalue weighted by Gasteiger charge is -2.08. The van der Waals surface area contributed by atoms with E-state index in [4.69, 9.17) is 11.2 Å². The summed E-state index contributed by atoms with van der Waals surface area (Å²) in [5, 5.41) is 3.25. The molecule has 0 aromatic heterocycles. The van der Waals surface area contributed by atoms with Crippen molar-refractivity contribution >= 4 is 0 Å². The molecule has 1 heterocycles. The lowest BCUT2D eigenvalue weighted by Crippen LogP contribution is -2.17. The van der Waals surface area contributed by atoms with Crippen LogP contribution in [-0.2, 0) is 4.74 Å². The molecule has 1 N–H and O–H groups in total. The third-order valence-electron chi connectivity index (χ3n) is 1.83. The molecule has 0 bridgehead atoms. The van der Waals surface area contributed by atoms with Gasteiger partial charge in [-0.05, 0) is 19.4 Å². The van der Waals surface area contributed by atoms with Gasteiger partial charge in [-0.2, -0.15) is 0 Å². The lowest BCUT2D eigenvalue weighted by atomic mass is 10.3. The second-order valence-corrected chi connectivity index (χ2v) is 2.79. The highest BCUT2D eigenvalue weighted by molar-refractivity contribution is 4.82. The highest BCUT2D eigenvalue weighted by atomic mass is 16.5. The fourth-order valence-corrected chi connectivity index (χ4v) is 1.19. The Kier molecular flexibility index (Phi) is 4.03. The van der Waals surface area contributed by atoms with Gasteiger partial charge in [0.1, 0.15) is 0 Å². The van der Waals surface area contributed by atoms with Crippen LogP contribution in [0.15, 0.2) is 0 Å². The highest BCUT2D eigenvalue weighted by Crippen LogP contribution is 2.03. The van der Waals surface area contributed by atoms with Gasteiger partial charge in [0.2, 0.25) is 0 Å². The Hall–Kier alpha value is -0.520. The van der Waals surface area contributed by atoms with E-state index in [2.05, 4.69) is 11.2 Å². The van der Waals surface area contributed by atoms with Crippen LogP contribution in [0.4, 0.5) is 0 Å². The summed E-state index contributed by atoms with van der Waals surface area (Å²) in [6.45, 7) is 2.92. The van der Waals surface area contributed by atoms with Crippen molar-refractivity contribution in [2.24, 2.45) is 0 Å². The maximum absolute atomic E-state index is 5.55. The van der Waals surface area contributed by atoms with E-state index in [1.807, 2.05) is 0 Å². The van der Waals surface area contributed by atoms with Crippen LogP contribution in [0.5, 0.6) is 0 Å². The van der Waals surface area contributed by atoms with E-state index < -0.39 is 0 Å². The molecule has 1 fully saturated rings. The van der Waals surface area contributed by atoms with Gasteiger partial charge in [-0.3, -0.25) is 0 Å². The smallest absolute Gasteiger partial charge is 0.0711 e. The minimum Gasteiger partial charge on any atom is -0.377 e. The van der Waals surface area contributed by atoms with Crippen molar-refractivity contribution in [3.63, 3.8) is 0 Å². The summed E-state index contributed by atoms with van der Waals surface area (Å²) in [6.07, 6.45) is 8.52. The third-order valence-corrected chi connectivity index (χ3v) is 1.83. The number of terminal acetylenes is 1. The standard InChI is InChI=1S/C9H15NO/c1-2-3-4-7-11-9-5-6-10-8-9/h1,9-10H,3-8H2. The van der Waals surface area contributed by atoms with Crippen LogP contribution in [-0.4, -0.2) is 25.8 Å². The van der Waals surface area contributed by atoms with Crippen molar-refractivity contribution in [1.29, 1.82) is 0 Å². The predicted molar refractivity (Wildman–Crippen MR) is 45.3 cm³/mol. The van der Waals surface area contributed by atoms with Crippen LogP contribution < -0.4 is 5.32 Å². The molecule has 0 saturated carbocycles. The first-order chi connectivity index (χ1) is 5.43. The van der Waals surface area contributed by atoms with Gasteiger partial charge in [0.15, 0.2) is 0 Å². The van der Waals surface area contributed by atoms with Gasteiger partial charge < -0.3 is 10.1 Å². The SMILES string of the molecule is C#CCCCOC1CCNC1. The zero-order valence-electron chi connectivity index (χ0n) is 6.81. The van der Waals surface area contributed by atoms with Crippen molar-refractivity contribution in [2.45, 2.75) is 25.4 Å². The second kappa shape index (κ2) is 5.17. The Morgan fingerprint density at radius 2 is 2.55 bits per heavy atom. The van der Waals surface area contributed by atoms with Crippen LogP contribution in [0.2, 0.25) is 0 Å². The quantitative estimate of drug-likeness (QED) is 0.476. The van der Waals surface area contributed by atoms with Gasteiger partial charge in [-0.1, -0.05) is 0 Å². The van der Waals surface area contributed by atoms with Crippen LogP contribution in [0.3, 0.4) is 0 Å². The highest BCUT2D eigenvalue weighted by Gasteiger charge is 2.13. The third kappa shape index (κ3) is 3.41. The maximum Gasteiger partial charge on any atom is 0.0711 e. The molecule has 62 valence electrons. The molecule has 0 aromatic rings. The van der Waals surface area contributed by atoms with E-state index in [0.717, 1.165) is 39.0 Å². The van der Waals surface area contributed by atoms with Crippen LogP contribution in [0, 0.1) is 12.3 Å². The summed E-state index contributed by atoms with van der Waals surface area (Å²) in [5.74, 6) is 2.60. The van der Waals surface area contributed by atoms with E-state index in [9.17, 15) is 0 Å². The van der Waals surface area contributed by atoms with Crippen molar-refractivity contribution in [3.05, 3.63) is 0 Å². The summed E-state index contributed by atoms with van der Waals surface area (Å²) in [7, 11) is 0. The van der Waals surface area contributed by atoms with Gasteiger partial charge in [0.05, 0.1) is 6.10 Å². The summed E-state index contributed by atoms with van der Waals surface area (Å²) in [6, 6.07) is 0. The Labute approximate surface area is 68.3 Å². The first-order valence-electron chi connectivity index (χ1n) is 4.19. The molecule has 0 radical (unpaired) electrons. The minimum absolute atomic E-state index is 0.438. The fourth-order valence-electron chi connectivity index (χ4n) is 1.19. The zero-order chi connectivity index (χ0) is 7.94. The average molecular weight is 153 g/mol. The first kappa shape index (κ1) is 8.58. The molecule has 0 aliphatic carbocycles. The Morgan fingerprint density at radius 3 is 3.18 bits per heavy atom. The topological polar surface area (TPSA) is 21.3 Å². The molecule has 2 nitrogen and oxygen atoms in total. The Balaban J connectivity index is 1.90. The van der Waals surface area contributed by atoms with Gasteiger partial charge in [0, 0.05) is 19.6 Å². The van der Waals surface area contributed by atoms with Crippen LogP contribution >= 0.6 is 0 Å². The maximum atomic E-state index is 5.55. The van der Waals surface area contributed by atoms with Crippen molar-refractivity contribution in [1.82, 2.24) is 5.32 Å². The Morgan fingerprint density at radius 1 is 1.64 bits per heavy atom. The number of unbranched alkanes of at least 4 members (excludes halogenated alkanes) is 1. The molecular formula is C9H15NO. The molecule has 2 heteroatoms. The van der Waals surface area contributed by atoms with Crippen LogP contribution in [0.25, 0.3) is 0 Å². The normalized spacial score (nSPS) is 23.4. The predicted octanol–water partition coefficient (Wildman–Crippen LogP) is 0.778. The van der Waals surface area contributed by atoms with Gasteiger partial charge in [-0.25, -0.2) is 0 Å². The van der Waals surface area contributed by atoms with E-state index >= 15 is 0 Å². The molecule has 0 spiro atoms. The second-order valence-electron chi connectivity index (χ2n) is 2.79. The monoisotopic (exact) mass is 153 g/mol. The summed E-state index contributed by atoms with van der Waals surface area (Å²) in [4.78, 5) is 0. The van der Waals surface area contributed by atoms with E-state index in [0.29, 0.717) is 6.10 Å². The summed E-state index contributed by atoms with van der Waals surface area (Å²) < 4.78 is 5.55. The van der Waals surface area contributed by atoms with Crippen LogP contribution in [0.1, 0.15) is 19.3 Å². The van der Waals surface area contributed by atoms with E-state index in [1.54, 1.807) is 0 Å². The van der Waals surface area contributed by atoms with Gasteiger partial charge in [-0.15, -0.1) is 12.3 Å². The zero-order valence-corrected chi connectivity index (χ0v) is 6.81. The van der Waals surface area contributed by atoms with Crippen molar-refractivity contribution in [3.8, 4) is 12.3 Å². The fraction of sp³-hybridized carbons (Fsp3) is 0.778. The molecule has 1 rings (SSSR count). The largest absolute Gasteiger partial charge is 0.377 e. The van der Waals surface area contributed by atoms with Crippen molar-refractivity contribution < 1.29 is 4.74 Å². The number of hydrogen-bond donors (Lipinski definition) is 1. The Bertz CT molecular complexity index is 133.